The van der Waals surface area contributed by atoms with Crippen molar-refractivity contribution >= 4 is 5.69 Å². The molecular weight excluding hydrogens is 260 g/mol. The van der Waals surface area contributed by atoms with Gasteiger partial charge in [0, 0.05) is 37.2 Å². The van der Waals surface area contributed by atoms with Gasteiger partial charge in [-0.3, -0.25) is 10.1 Å². The third-order valence-corrected chi connectivity index (χ3v) is 3.75. The third-order valence-electron chi connectivity index (χ3n) is 3.75. The lowest BCUT2D eigenvalue weighted by molar-refractivity contribution is -0.385. The first-order valence-corrected chi connectivity index (χ1v) is 6.70. The van der Waals surface area contributed by atoms with E-state index >= 15 is 0 Å². The Labute approximate surface area is 117 Å². The van der Waals surface area contributed by atoms with Crippen molar-refractivity contribution in [2.75, 3.05) is 19.8 Å². The Morgan fingerprint density at radius 1 is 1.60 bits per heavy atom. The number of benzene rings is 1. The average Bonchev–Trinajstić information content (AvgIpc) is 2.84. The molecule has 6 heteroatoms. The molecule has 0 amide bonds. The number of hydrogen-bond donors (Lipinski definition) is 2. The standard InChI is InChI=1S/C14H20N2O4/c1-10-3-4-12(7-13(10)16(18)19)11(2)15-8-14(17)5-6-20-9-14/h3-4,7,11,15,17H,5-6,8-9H2,1-2H3. The van der Waals surface area contributed by atoms with Crippen LogP contribution in [0.5, 0.6) is 0 Å². The van der Waals surface area contributed by atoms with Crippen LogP contribution in [0.2, 0.25) is 0 Å². The van der Waals surface area contributed by atoms with Crippen LogP contribution >= 0.6 is 0 Å². The monoisotopic (exact) mass is 280 g/mol. The van der Waals surface area contributed by atoms with Gasteiger partial charge in [0.2, 0.25) is 0 Å². The van der Waals surface area contributed by atoms with E-state index in [0.717, 1.165) is 5.56 Å². The molecule has 0 bridgehead atoms. The van der Waals surface area contributed by atoms with Crippen LogP contribution in [0.15, 0.2) is 18.2 Å². The molecule has 6 nitrogen and oxygen atoms in total. The highest BCUT2D eigenvalue weighted by Gasteiger charge is 2.32. The van der Waals surface area contributed by atoms with Gasteiger partial charge < -0.3 is 15.2 Å². The summed E-state index contributed by atoms with van der Waals surface area (Å²) in [4.78, 5) is 10.6. The topological polar surface area (TPSA) is 84.6 Å². The summed E-state index contributed by atoms with van der Waals surface area (Å²) in [5.41, 5.74) is 0.780. The van der Waals surface area contributed by atoms with Crippen LogP contribution in [0.3, 0.4) is 0 Å². The van der Waals surface area contributed by atoms with E-state index in [0.29, 0.717) is 31.7 Å². The molecule has 0 radical (unpaired) electrons. The number of aliphatic hydroxyl groups is 1. The van der Waals surface area contributed by atoms with Gasteiger partial charge >= 0.3 is 0 Å². The van der Waals surface area contributed by atoms with E-state index < -0.39 is 5.60 Å². The van der Waals surface area contributed by atoms with Gasteiger partial charge in [-0.05, 0) is 19.4 Å². The lowest BCUT2D eigenvalue weighted by atomic mass is 10.0. The molecular formula is C14H20N2O4. The minimum absolute atomic E-state index is 0.0704. The smallest absolute Gasteiger partial charge is 0.272 e. The van der Waals surface area contributed by atoms with E-state index in [1.165, 1.54) is 0 Å². The van der Waals surface area contributed by atoms with E-state index in [1.54, 1.807) is 19.1 Å². The Kier molecular flexibility index (Phi) is 4.37. The zero-order chi connectivity index (χ0) is 14.8. The molecule has 1 aromatic carbocycles. The molecule has 2 unspecified atom stereocenters. The molecule has 2 rings (SSSR count). The van der Waals surface area contributed by atoms with Crippen LogP contribution in [0.4, 0.5) is 5.69 Å². The largest absolute Gasteiger partial charge is 0.386 e. The Morgan fingerprint density at radius 3 is 2.95 bits per heavy atom. The number of nitrogens with zero attached hydrogens (tertiary/aromatic N) is 1. The highest BCUT2D eigenvalue weighted by Crippen LogP contribution is 2.24. The van der Waals surface area contributed by atoms with E-state index in [4.69, 9.17) is 4.74 Å². The van der Waals surface area contributed by atoms with Crippen molar-refractivity contribution in [1.29, 1.82) is 0 Å². The first-order valence-electron chi connectivity index (χ1n) is 6.70. The van der Waals surface area contributed by atoms with Crippen LogP contribution in [0.25, 0.3) is 0 Å². The highest BCUT2D eigenvalue weighted by molar-refractivity contribution is 5.43. The lowest BCUT2D eigenvalue weighted by Crippen LogP contribution is -2.41. The summed E-state index contributed by atoms with van der Waals surface area (Å²) >= 11 is 0. The fourth-order valence-corrected chi connectivity index (χ4v) is 2.29. The second-order valence-corrected chi connectivity index (χ2v) is 5.43. The molecule has 1 aliphatic rings. The molecule has 1 saturated heterocycles. The lowest BCUT2D eigenvalue weighted by Gasteiger charge is -2.24. The molecule has 2 atom stereocenters. The van der Waals surface area contributed by atoms with Crippen LogP contribution in [0, 0.1) is 17.0 Å². The Bertz CT molecular complexity index is 498. The molecule has 0 aliphatic carbocycles. The van der Waals surface area contributed by atoms with Gasteiger partial charge in [-0.15, -0.1) is 0 Å². The first kappa shape index (κ1) is 14.9. The van der Waals surface area contributed by atoms with Crippen LogP contribution < -0.4 is 5.32 Å². The summed E-state index contributed by atoms with van der Waals surface area (Å²) in [5.74, 6) is 0. The zero-order valence-electron chi connectivity index (χ0n) is 11.8. The SMILES string of the molecule is Cc1ccc(C(C)NCC2(O)CCOC2)cc1[N+](=O)[O-]. The summed E-state index contributed by atoms with van der Waals surface area (Å²) in [7, 11) is 0. The molecule has 1 aliphatic heterocycles. The second-order valence-electron chi connectivity index (χ2n) is 5.43. The summed E-state index contributed by atoms with van der Waals surface area (Å²) in [6.45, 7) is 4.96. The zero-order valence-corrected chi connectivity index (χ0v) is 11.8. The fourth-order valence-electron chi connectivity index (χ4n) is 2.29. The van der Waals surface area contributed by atoms with Gasteiger partial charge in [-0.25, -0.2) is 0 Å². The molecule has 20 heavy (non-hydrogen) atoms. The maximum absolute atomic E-state index is 10.9. The Morgan fingerprint density at radius 2 is 2.35 bits per heavy atom. The molecule has 0 aromatic heterocycles. The molecule has 0 saturated carbocycles. The number of nitro benzene ring substituents is 1. The normalized spacial score (nSPS) is 23.8. The van der Waals surface area contributed by atoms with E-state index in [-0.39, 0.29) is 16.7 Å². The van der Waals surface area contributed by atoms with E-state index in [9.17, 15) is 15.2 Å². The maximum Gasteiger partial charge on any atom is 0.272 e. The average molecular weight is 280 g/mol. The summed E-state index contributed by atoms with van der Waals surface area (Å²) in [6, 6.07) is 5.13. The van der Waals surface area contributed by atoms with Crippen molar-refractivity contribution < 1.29 is 14.8 Å². The number of nitrogens with one attached hydrogen (secondary N) is 1. The van der Waals surface area contributed by atoms with Gasteiger partial charge in [0.05, 0.1) is 11.5 Å². The highest BCUT2D eigenvalue weighted by atomic mass is 16.6. The van der Waals surface area contributed by atoms with Crippen molar-refractivity contribution in [1.82, 2.24) is 5.32 Å². The van der Waals surface area contributed by atoms with Crippen molar-refractivity contribution in [2.24, 2.45) is 0 Å². The van der Waals surface area contributed by atoms with Crippen LogP contribution in [-0.4, -0.2) is 35.4 Å². The maximum atomic E-state index is 10.9. The Balaban J connectivity index is 2.03. The summed E-state index contributed by atoms with van der Waals surface area (Å²) < 4.78 is 5.19. The number of nitro groups is 1. The summed E-state index contributed by atoms with van der Waals surface area (Å²) in [5, 5.41) is 24.3. The van der Waals surface area contributed by atoms with Gasteiger partial charge in [0.15, 0.2) is 0 Å². The van der Waals surface area contributed by atoms with Crippen molar-refractivity contribution in [3.8, 4) is 0 Å². The number of aryl methyl sites for hydroxylation is 1. The Hall–Kier alpha value is -1.50. The van der Waals surface area contributed by atoms with Crippen LogP contribution in [-0.2, 0) is 4.74 Å². The fraction of sp³-hybridized carbons (Fsp3) is 0.571. The molecule has 110 valence electrons. The second kappa shape index (κ2) is 5.87. The number of hydrogen-bond acceptors (Lipinski definition) is 5. The number of ether oxygens (including phenoxy) is 1. The van der Waals surface area contributed by atoms with Crippen molar-refractivity contribution in [2.45, 2.75) is 31.9 Å². The number of rotatable bonds is 5. The molecule has 0 spiro atoms. The molecule has 2 N–H and O–H groups in total. The van der Waals surface area contributed by atoms with Crippen LogP contribution in [0.1, 0.15) is 30.5 Å². The minimum atomic E-state index is -0.828. The molecule has 1 fully saturated rings. The molecule has 1 heterocycles. The van der Waals surface area contributed by atoms with E-state index in [2.05, 4.69) is 5.32 Å². The predicted molar refractivity (Wildman–Crippen MR) is 74.6 cm³/mol. The molecule has 1 aromatic rings. The van der Waals surface area contributed by atoms with Crippen molar-refractivity contribution in [3.63, 3.8) is 0 Å². The van der Waals surface area contributed by atoms with E-state index in [1.807, 2.05) is 13.0 Å². The van der Waals surface area contributed by atoms with Gasteiger partial charge in [-0.2, -0.15) is 0 Å². The minimum Gasteiger partial charge on any atom is -0.386 e. The first-order chi connectivity index (χ1) is 9.41. The van der Waals surface area contributed by atoms with Gasteiger partial charge in [0.1, 0.15) is 5.60 Å². The van der Waals surface area contributed by atoms with Crippen molar-refractivity contribution in [3.05, 3.63) is 39.4 Å². The van der Waals surface area contributed by atoms with Gasteiger partial charge in [-0.1, -0.05) is 12.1 Å². The quantitative estimate of drug-likeness (QED) is 0.633. The van der Waals surface area contributed by atoms with Gasteiger partial charge in [0.25, 0.3) is 5.69 Å². The summed E-state index contributed by atoms with van der Waals surface area (Å²) in [6.07, 6.45) is 0.612. The predicted octanol–water partition coefficient (Wildman–Crippen LogP) is 1.71. The third kappa shape index (κ3) is 3.33.